The van der Waals surface area contributed by atoms with Gasteiger partial charge < -0.3 is 5.32 Å². The summed E-state index contributed by atoms with van der Waals surface area (Å²) in [6.45, 7) is 5.73. The number of aromatic nitrogens is 4. The molecule has 1 N–H and O–H groups in total. The lowest BCUT2D eigenvalue weighted by Gasteiger charge is -2.19. The first kappa shape index (κ1) is 17.3. The first-order valence-electron chi connectivity index (χ1n) is 8.07. The van der Waals surface area contributed by atoms with Crippen LogP contribution in [0, 0.1) is 11.3 Å². The first-order valence-corrected chi connectivity index (χ1v) is 8.07. The number of pyridine rings is 2. The van der Waals surface area contributed by atoms with Gasteiger partial charge in [-0.05, 0) is 51.1 Å². The van der Waals surface area contributed by atoms with Crippen LogP contribution in [0.2, 0.25) is 0 Å². The Morgan fingerprint density at radius 3 is 2.62 bits per heavy atom. The fraction of sp³-hybridized carbons (Fsp3) is 0.211. The monoisotopic (exact) mass is 346 g/mol. The van der Waals surface area contributed by atoms with E-state index in [-0.39, 0.29) is 17.1 Å². The number of nitrogens with one attached hydrogen (secondary N) is 1. The molecule has 0 fully saturated rings. The van der Waals surface area contributed by atoms with Crippen LogP contribution in [0.25, 0.3) is 17.1 Å². The van der Waals surface area contributed by atoms with E-state index in [2.05, 4.69) is 20.4 Å². The van der Waals surface area contributed by atoms with Crippen LogP contribution < -0.4 is 5.32 Å². The van der Waals surface area contributed by atoms with Gasteiger partial charge in [0.15, 0.2) is 5.69 Å². The van der Waals surface area contributed by atoms with Gasteiger partial charge in [0.2, 0.25) is 0 Å². The third kappa shape index (κ3) is 3.75. The lowest BCUT2D eigenvalue weighted by Crippen LogP contribution is -2.40. The van der Waals surface area contributed by atoms with Crippen molar-refractivity contribution in [1.82, 2.24) is 25.1 Å². The minimum Gasteiger partial charge on any atom is -0.346 e. The molecule has 130 valence electrons. The Morgan fingerprint density at radius 1 is 1.23 bits per heavy atom. The van der Waals surface area contributed by atoms with Gasteiger partial charge in [0.05, 0.1) is 28.8 Å². The van der Waals surface area contributed by atoms with Crippen molar-refractivity contribution in [3.63, 3.8) is 0 Å². The van der Waals surface area contributed by atoms with E-state index in [0.717, 1.165) is 0 Å². The van der Waals surface area contributed by atoms with Gasteiger partial charge in [-0.25, -0.2) is 4.68 Å². The zero-order valence-electron chi connectivity index (χ0n) is 14.8. The third-order valence-electron chi connectivity index (χ3n) is 3.48. The molecule has 3 aromatic heterocycles. The Kier molecular flexibility index (Phi) is 4.50. The van der Waals surface area contributed by atoms with Gasteiger partial charge in [-0.15, -0.1) is 0 Å². The maximum absolute atomic E-state index is 12.5. The molecule has 0 aliphatic heterocycles. The van der Waals surface area contributed by atoms with Crippen molar-refractivity contribution >= 4 is 5.91 Å². The highest BCUT2D eigenvalue weighted by Crippen LogP contribution is 2.22. The van der Waals surface area contributed by atoms with Gasteiger partial charge in [-0.1, -0.05) is 0 Å². The molecule has 0 aliphatic rings. The average Bonchev–Trinajstić information content (AvgIpc) is 3.07. The predicted octanol–water partition coefficient (Wildman–Crippen LogP) is 2.73. The Labute approximate surface area is 151 Å². The van der Waals surface area contributed by atoms with E-state index in [1.54, 1.807) is 41.3 Å². The smallest absolute Gasteiger partial charge is 0.272 e. The van der Waals surface area contributed by atoms with Gasteiger partial charge >= 0.3 is 0 Å². The van der Waals surface area contributed by atoms with E-state index in [0.29, 0.717) is 22.6 Å². The summed E-state index contributed by atoms with van der Waals surface area (Å²) < 4.78 is 1.62. The Balaban J connectivity index is 2.09. The fourth-order valence-corrected chi connectivity index (χ4v) is 2.37. The van der Waals surface area contributed by atoms with Crippen LogP contribution in [-0.4, -0.2) is 31.2 Å². The molecule has 0 bridgehead atoms. The molecule has 0 radical (unpaired) electrons. The molecule has 0 saturated heterocycles. The number of hydrogen-bond acceptors (Lipinski definition) is 5. The van der Waals surface area contributed by atoms with Crippen LogP contribution in [-0.2, 0) is 0 Å². The summed E-state index contributed by atoms with van der Waals surface area (Å²) in [7, 11) is 0. The van der Waals surface area contributed by atoms with Crippen molar-refractivity contribution in [3.05, 3.63) is 60.2 Å². The van der Waals surface area contributed by atoms with E-state index in [1.807, 2.05) is 32.9 Å². The Morgan fingerprint density at radius 2 is 2.04 bits per heavy atom. The van der Waals surface area contributed by atoms with Crippen LogP contribution in [0.5, 0.6) is 0 Å². The maximum atomic E-state index is 12.5. The van der Waals surface area contributed by atoms with Crippen LogP contribution in [0.4, 0.5) is 0 Å². The van der Waals surface area contributed by atoms with Gasteiger partial charge in [-0.3, -0.25) is 14.8 Å². The second-order valence-corrected chi connectivity index (χ2v) is 6.79. The normalized spacial score (nSPS) is 11.0. The van der Waals surface area contributed by atoms with E-state index in [1.165, 1.54) is 6.20 Å². The largest absolute Gasteiger partial charge is 0.346 e. The molecule has 0 aromatic carbocycles. The highest BCUT2D eigenvalue weighted by molar-refractivity contribution is 5.94. The first-order chi connectivity index (χ1) is 12.4. The molecular weight excluding hydrogens is 328 g/mol. The van der Waals surface area contributed by atoms with Crippen molar-refractivity contribution in [2.24, 2.45) is 0 Å². The van der Waals surface area contributed by atoms with Crippen LogP contribution >= 0.6 is 0 Å². The molecule has 3 heterocycles. The summed E-state index contributed by atoms with van der Waals surface area (Å²) in [5.74, 6) is -0.268. The lowest BCUT2D eigenvalue weighted by molar-refractivity contribution is 0.0914. The highest BCUT2D eigenvalue weighted by Gasteiger charge is 2.21. The molecular formula is C19H18N6O. The number of nitriles is 1. The third-order valence-corrected chi connectivity index (χ3v) is 3.48. The average molecular weight is 346 g/mol. The number of carbonyl (C=O) groups excluding carboxylic acids is 1. The zero-order chi connectivity index (χ0) is 18.7. The summed E-state index contributed by atoms with van der Waals surface area (Å²) in [5, 5.41) is 16.3. The van der Waals surface area contributed by atoms with Crippen molar-refractivity contribution in [2.75, 3.05) is 0 Å². The Bertz CT molecular complexity index is 962. The van der Waals surface area contributed by atoms with E-state index < -0.39 is 0 Å². The zero-order valence-corrected chi connectivity index (χ0v) is 14.8. The minimum absolute atomic E-state index is 0.268. The van der Waals surface area contributed by atoms with Crippen molar-refractivity contribution in [1.29, 1.82) is 5.26 Å². The molecule has 3 rings (SSSR count). The summed E-state index contributed by atoms with van der Waals surface area (Å²) in [6, 6.07) is 10.8. The quantitative estimate of drug-likeness (QED) is 0.786. The topological polar surface area (TPSA) is 96.5 Å². The summed E-state index contributed by atoms with van der Waals surface area (Å²) in [6.07, 6.45) is 4.82. The number of nitrogens with zero attached hydrogens (tertiary/aromatic N) is 5. The van der Waals surface area contributed by atoms with Gasteiger partial charge in [0.1, 0.15) is 6.07 Å². The molecule has 0 unspecified atom stereocenters. The minimum atomic E-state index is -0.373. The van der Waals surface area contributed by atoms with Crippen molar-refractivity contribution in [2.45, 2.75) is 26.3 Å². The fourth-order valence-electron chi connectivity index (χ4n) is 2.37. The second kappa shape index (κ2) is 6.76. The molecule has 0 aliphatic carbocycles. The number of amides is 1. The number of carbonyl (C=O) groups is 1. The highest BCUT2D eigenvalue weighted by atomic mass is 16.2. The number of hydrogen-bond donors (Lipinski definition) is 1. The molecule has 1 amide bonds. The molecule has 0 spiro atoms. The van der Waals surface area contributed by atoms with Gasteiger partial charge in [0, 0.05) is 17.9 Å². The van der Waals surface area contributed by atoms with E-state index in [4.69, 9.17) is 5.26 Å². The predicted molar refractivity (Wildman–Crippen MR) is 96.5 cm³/mol. The molecule has 0 atom stereocenters. The van der Waals surface area contributed by atoms with Gasteiger partial charge in [0.25, 0.3) is 5.91 Å². The number of rotatable bonds is 3. The molecule has 0 saturated carbocycles. The lowest BCUT2D eigenvalue weighted by atomic mass is 10.1. The molecule has 7 nitrogen and oxygen atoms in total. The van der Waals surface area contributed by atoms with Crippen molar-refractivity contribution in [3.8, 4) is 23.1 Å². The summed E-state index contributed by atoms with van der Waals surface area (Å²) in [5.41, 5.74) is 2.33. The summed E-state index contributed by atoms with van der Waals surface area (Å²) >= 11 is 0. The van der Waals surface area contributed by atoms with Crippen molar-refractivity contribution < 1.29 is 4.79 Å². The summed E-state index contributed by atoms with van der Waals surface area (Å²) in [4.78, 5) is 21.0. The SMILES string of the molecule is CC(C)(C)NC(=O)c1cc(-c2ccc(C#N)cn2)n(-c2cccnc2)n1. The molecule has 7 heteroatoms. The van der Waals surface area contributed by atoms with E-state index in [9.17, 15) is 4.79 Å². The van der Waals surface area contributed by atoms with Crippen LogP contribution in [0.1, 0.15) is 36.8 Å². The van der Waals surface area contributed by atoms with Crippen LogP contribution in [0.3, 0.4) is 0 Å². The standard InChI is InChI=1S/C19H18N6O/c1-19(2,3)23-18(26)16-9-17(15-7-6-13(10-20)11-22-15)25(24-16)14-5-4-8-21-12-14/h4-9,11-12H,1-3H3,(H,23,26). The molecule has 3 aromatic rings. The second-order valence-electron chi connectivity index (χ2n) is 6.79. The van der Waals surface area contributed by atoms with E-state index >= 15 is 0 Å². The van der Waals surface area contributed by atoms with Gasteiger partial charge in [-0.2, -0.15) is 10.4 Å². The van der Waals surface area contributed by atoms with Crippen LogP contribution in [0.15, 0.2) is 48.9 Å². The Hall–Kier alpha value is -3.53. The maximum Gasteiger partial charge on any atom is 0.272 e. The molecule has 26 heavy (non-hydrogen) atoms.